The smallest absolute Gasteiger partial charge is 0.253 e. The Labute approximate surface area is 124 Å². The second kappa shape index (κ2) is 7.00. The van der Waals surface area contributed by atoms with Crippen molar-refractivity contribution >= 4 is 0 Å². The molecule has 1 nitrogen and oxygen atoms in total. The molecule has 0 amide bonds. The maximum atomic E-state index is 14.2. The summed E-state index contributed by atoms with van der Waals surface area (Å²) in [5.41, 5.74) is -0.564. The summed E-state index contributed by atoms with van der Waals surface area (Å²) >= 11 is 0. The number of allylic oxidation sites excluding steroid dienone is 4. The Morgan fingerprint density at radius 3 is 1.95 bits per heavy atom. The molecule has 1 aromatic carbocycles. The van der Waals surface area contributed by atoms with E-state index in [0.717, 1.165) is 10.9 Å². The van der Waals surface area contributed by atoms with Gasteiger partial charge in [-0.1, -0.05) is 48.6 Å². The highest BCUT2D eigenvalue weighted by Gasteiger charge is 2.56. The highest BCUT2D eigenvalue weighted by molar-refractivity contribution is 5.32. The molecule has 2 rings (SSSR count). The lowest BCUT2D eigenvalue weighted by Gasteiger charge is -2.22. The Morgan fingerprint density at radius 2 is 1.59 bits per heavy atom. The molecule has 122 valence electrons. The molecule has 1 aromatic rings. The fraction of sp³-hybridized carbons (Fsp3) is 0.333. The van der Waals surface area contributed by atoms with E-state index in [1.807, 2.05) is 42.5 Å². The summed E-state index contributed by atoms with van der Waals surface area (Å²) in [5.74, 6) is 0. The number of hydrogen-bond acceptors (Lipinski definition) is 1. The highest BCUT2D eigenvalue weighted by Crippen LogP contribution is 2.33. The van der Waals surface area contributed by atoms with Gasteiger partial charge in [0.1, 0.15) is 0 Å². The maximum Gasteiger partial charge on any atom is 0.469 e. The van der Waals surface area contributed by atoms with Gasteiger partial charge in [0, 0.05) is 6.42 Å². The second-order valence-corrected chi connectivity index (χ2v) is 4.54. The van der Waals surface area contributed by atoms with Crippen LogP contribution < -0.4 is 5.32 Å². The van der Waals surface area contributed by atoms with Gasteiger partial charge in [-0.2, -0.15) is 22.0 Å². The molecule has 1 aliphatic rings. The normalized spacial score (nSPS) is 21.2. The minimum atomic E-state index is -5.50. The predicted molar refractivity (Wildman–Crippen MR) is 72.2 cm³/mol. The molecule has 7 heteroatoms. The van der Waals surface area contributed by atoms with Crippen molar-refractivity contribution in [2.24, 2.45) is 0 Å². The number of rotatable bonds is 2. The van der Waals surface area contributed by atoms with E-state index in [1.54, 1.807) is 12.2 Å². The maximum absolute atomic E-state index is 14.2. The summed E-state index contributed by atoms with van der Waals surface area (Å²) in [6.07, 6.45) is 2.04. The van der Waals surface area contributed by atoms with Crippen LogP contribution in [0, 0.1) is 0 Å². The van der Waals surface area contributed by atoms with Crippen LogP contribution in [0.25, 0.3) is 0 Å². The first-order valence-corrected chi connectivity index (χ1v) is 6.35. The molecule has 22 heavy (non-hydrogen) atoms. The lowest BCUT2D eigenvalue weighted by atomic mass is 9.89. The molecule has 1 unspecified atom stereocenters. The van der Waals surface area contributed by atoms with Gasteiger partial charge in [0.15, 0.2) is 5.67 Å². The second-order valence-electron chi connectivity index (χ2n) is 4.54. The summed E-state index contributed by atoms with van der Waals surface area (Å²) in [6, 6.07) is 4.50. The van der Waals surface area contributed by atoms with E-state index in [2.05, 4.69) is 0 Å². The third-order valence-electron chi connectivity index (χ3n) is 2.95. The molecular formula is C15H15F6N. The molecule has 1 N–H and O–H groups in total. The average Bonchev–Trinajstić information content (AvgIpc) is 2.48. The first-order chi connectivity index (χ1) is 10.1. The Balaban J connectivity index is 0.000000239. The van der Waals surface area contributed by atoms with Gasteiger partial charge in [-0.3, -0.25) is 5.32 Å². The van der Waals surface area contributed by atoms with E-state index in [-0.39, 0.29) is 0 Å². The monoisotopic (exact) mass is 323 g/mol. The van der Waals surface area contributed by atoms with E-state index in [9.17, 15) is 26.3 Å². The van der Waals surface area contributed by atoms with Crippen LogP contribution >= 0.6 is 0 Å². The van der Waals surface area contributed by atoms with Gasteiger partial charge in [0.25, 0.3) is 0 Å². The van der Waals surface area contributed by atoms with Crippen LogP contribution in [0.4, 0.5) is 26.3 Å². The van der Waals surface area contributed by atoms with Gasteiger partial charge in [-0.15, -0.1) is 0 Å². The van der Waals surface area contributed by atoms with Gasteiger partial charge in [-0.05, 0) is 18.7 Å². The number of benzene rings is 1. The van der Waals surface area contributed by atoms with Crippen LogP contribution in [0.2, 0.25) is 0 Å². The van der Waals surface area contributed by atoms with E-state index in [1.165, 1.54) is 0 Å². The zero-order chi connectivity index (χ0) is 16.9. The van der Waals surface area contributed by atoms with Crippen LogP contribution in [0.5, 0.6) is 0 Å². The quantitative estimate of drug-likeness (QED) is 0.613. The van der Waals surface area contributed by atoms with Crippen LogP contribution in [0.3, 0.4) is 0 Å². The lowest BCUT2D eigenvalue weighted by molar-refractivity contribution is -0.293. The average molecular weight is 323 g/mol. The van der Waals surface area contributed by atoms with Crippen molar-refractivity contribution in [3.8, 4) is 0 Å². The van der Waals surface area contributed by atoms with E-state index in [4.69, 9.17) is 0 Å². The summed E-state index contributed by atoms with van der Waals surface area (Å²) in [4.78, 5) is 0. The highest BCUT2D eigenvalue weighted by atomic mass is 19.4. The molecule has 0 spiro atoms. The Hall–Kier alpha value is -1.76. The van der Waals surface area contributed by atoms with Gasteiger partial charge in [0.05, 0.1) is 0 Å². The molecule has 0 saturated carbocycles. The van der Waals surface area contributed by atoms with E-state index < -0.39 is 17.9 Å². The summed E-state index contributed by atoms with van der Waals surface area (Å²) in [5, 5.41) is 0.823. The Kier molecular flexibility index (Phi) is 5.82. The number of nitrogens with one attached hydrogen (secondary N) is 1. The Bertz CT molecular complexity index is 521. The molecule has 0 bridgehead atoms. The molecule has 1 atom stereocenters. The van der Waals surface area contributed by atoms with Crippen molar-refractivity contribution in [2.75, 3.05) is 7.05 Å². The van der Waals surface area contributed by atoms with Gasteiger partial charge >= 0.3 is 12.2 Å². The minimum absolute atomic E-state index is 0.438. The van der Waals surface area contributed by atoms with Gasteiger partial charge in [0.2, 0.25) is 0 Å². The minimum Gasteiger partial charge on any atom is -0.253 e. The van der Waals surface area contributed by atoms with Crippen LogP contribution in [0.1, 0.15) is 12.0 Å². The predicted octanol–water partition coefficient (Wildman–Crippen LogP) is 4.73. The lowest BCUT2D eigenvalue weighted by Crippen LogP contribution is -2.47. The molecular weight excluding hydrogens is 308 g/mol. The zero-order valence-corrected chi connectivity index (χ0v) is 11.7. The van der Waals surface area contributed by atoms with Crippen LogP contribution in [-0.2, 0) is 5.67 Å². The van der Waals surface area contributed by atoms with Crippen molar-refractivity contribution < 1.29 is 26.3 Å². The summed E-state index contributed by atoms with van der Waals surface area (Å²) < 4.78 is 70.1. The largest absolute Gasteiger partial charge is 0.469 e. The number of alkyl halides is 6. The fourth-order valence-corrected chi connectivity index (χ4v) is 1.67. The summed E-state index contributed by atoms with van der Waals surface area (Å²) in [7, 11) is 0.535. The first-order valence-electron chi connectivity index (χ1n) is 6.35. The standard InChI is InChI=1S/C12H11F.C3H4F5N/c13-12(9-5-2-6-10-12)11-7-3-1-4-8-11;1-9-3(7,8)2(4,5)6/h1-9H,10H2;9H,1H3. The number of hydrogen-bond donors (Lipinski definition) is 1. The van der Waals surface area contributed by atoms with Crippen LogP contribution in [0.15, 0.2) is 54.6 Å². The van der Waals surface area contributed by atoms with Crippen molar-refractivity contribution in [1.29, 1.82) is 0 Å². The SMILES string of the molecule is CNC(F)(F)C(F)(F)F.FC1(c2ccccc2)C=CC=CC1. The first kappa shape index (κ1) is 18.3. The van der Waals surface area contributed by atoms with Crippen molar-refractivity contribution in [2.45, 2.75) is 24.3 Å². The summed E-state index contributed by atoms with van der Waals surface area (Å²) in [6.45, 7) is 0. The van der Waals surface area contributed by atoms with Crippen molar-refractivity contribution in [1.82, 2.24) is 5.32 Å². The molecule has 0 saturated heterocycles. The molecule has 0 aliphatic heterocycles. The third-order valence-corrected chi connectivity index (χ3v) is 2.95. The van der Waals surface area contributed by atoms with E-state index >= 15 is 0 Å². The van der Waals surface area contributed by atoms with E-state index in [0.29, 0.717) is 13.5 Å². The Morgan fingerprint density at radius 1 is 1.00 bits per heavy atom. The van der Waals surface area contributed by atoms with Gasteiger partial charge in [-0.25, -0.2) is 4.39 Å². The van der Waals surface area contributed by atoms with Gasteiger partial charge < -0.3 is 0 Å². The van der Waals surface area contributed by atoms with Crippen molar-refractivity contribution in [3.05, 3.63) is 60.2 Å². The fourth-order valence-electron chi connectivity index (χ4n) is 1.67. The molecule has 0 radical (unpaired) electrons. The molecule has 0 fully saturated rings. The topological polar surface area (TPSA) is 12.0 Å². The van der Waals surface area contributed by atoms with Crippen LogP contribution in [-0.4, -0.2) is 19.3 Å². The van der Waals surface area contributed by atoms with Crippen molar-refractivity contribution in [3.63, 3.8) is 0 Å². The molecule has 0 heterocycles. The number of halogens is 6. The zero-order valence-electron chi connectivity index (χ0n) is 11.7. The third kappa shape index (κ3) is 4.62. The molecule has 0 aromatic heterocycles. The molecule has 1 aliphatic carbocycles.